The van der Waals surface area contributed by atoms with E-state index in [4.69, 9.17) is 4.74 Å². The lowest BCUT2D eigenvalue weighted by Gasteiger charge is -2.59. The first kappa shape index (κ1) is 16.4. The second-order valence-electron chi connectivity index (χ2n) is 6.88. The summed E-state index contributed by atoms with van der Waals surface area (Å²) < 4.78 is 4.73. The van der Waals surface area contributed by atoms with Crippen molar-refractivity contribution >= 4 is 12.1 Å². The van der Waals surface area contributed by atoms with E-state index in [2.05, 4.69) is 18.7 Å². The van der Waals surface area contributed by atoms with Crippen LogP contribution in [0.4, 0.5) is 9.59 Å². The minimum absolute atomic E-state index is 0.132. The quantitative estimate of drug-likeness (QED) is 0.762. The molecule has 4 saturated heterocycles. The molecular weight excluding hydrogens is 296 g/mol. The summed E-state index contributed by atoms with van der Waals surface area (Å²) in [6.45, 7) is 8.48. The fraction of sp³-hybridized carbons (Fsp3) is 0.875. The number of carbonyl (C=O) groups is 2. The molecule has 3 atom stereocenters. The third-order valence-corrected chi connectivity index (χ3v) is 5.60. The maximum Gasteiger partial charge on any atom is 0.409 e. The largest absolute Gasteiger partial charge is 0.453 e. The summed E-state index contributed by atoms with van der Waals surface area (Å²) in [6.07, 6.45) is 2.08. The van der Waals surface area contributed by atoms with Gasteiger partial charge in [-0.25, -0.2) is 9.59 Å². The Labute approximate surface area is 138 Å². The van der Waals surface area contributed by atoms with Gasteiger partial charge in [0.25, 0.3) is 0 Å². The number of methoxy groups -OCH3 is 1. The molecule has 0 radical (unpaired) electrons. The standard InChI is InChI=1S/C16H28N4O3/c1-4-12(2)20-13-9-14(20)11-19(10-13)15(21)17-5-7-18(8-6-17)16(22)23-3/h12-14H,4-11H2,1-3H3. The number of amides is 3. The topological polar surface area (TPSA) is 56.3 Å². The van der Waals surface area contributed by atoms with Gasteiger partial charge in [0.1, 0.15) is 0 Å². The van der Waals surface area contributed by atoms with E-state index in [9.17, 15) is 9.59 Å². The molecule has 0 saturated carbocycles. The van der Waals surface area contributed by atoms with Crippen LogP contribution in [0.3, 0.4) is 0 Å². The molecule has 130 valence electrons. The van der Waals surface area contributed by atoms with Gasteiger partial charge in [0.05, 0.1) is 7.11 Å². The number of piperazine rings is 2. The lowest BCUT2D eigenvalue weighted by atomic mass is 9.85. The zero-order valence-corrected chi connectivity index (χ0v) is 14.4. The maximum absolute atomic E-state index is 12.7. The summed E-state index contributed by atoms with van der Waals surface area (Å²) in [5.74, 6) is 0. The van der Waals surface area contributed by atoms with Gasteiger partial charge in [0.15, 0.2) is 0 Å². The highest BCUT2D eigenvalue weighted by Gasteiger charge is 2.48. The zero-order chi connectivity index (χ0) is 16.6. The molecule has 2 bridgehead atoms. The number of carbonyl (C=O) groups excluding carboxylic acids is 2. The Hall–Kier alpha value is -1.50. The van der Waals surface area contributed by atoms with Crippen molar-refractivity contribution in [2.24, 2.45) is 0 Å². The van der Waals surface area contributed by atoms with E-state index in [-0.39, 0.29) is 12.1 Å². The van der Waals surface area contributed by atoms with Crippen LogP contribution in [-0.2, 0) is 4.74 Å². The maximum atomic E-state index is 12.7. The number of hydrogen-bond donors (Lipinski definition) is 0. The molecule has 0 aliphatic carbocycles. The molecule has 4 aliphatic rings. The van der Waals surface area contributed by atoms with Gasteiger partial charge in [0, 0.05) is 57.4 Å². The molecule has 3 amide bonds. The van der Waals surface area contributed by atoms with E-state index < -0.39 is 0 Å². The summed E-state index contributed by atoms with van der Waals surface area (Å²) in [5, 5.41) is 0. The average Bonchev–Trinajstić information content (AvgIpc) is 2.60. The van der Waals surface area contributed by atoms with Gasteiger partial charge in [-0.05, 0) is 19.8 Å². The van der Waals surface area contributed by atoms with Crippen molar-refractivity contribution in [3.63, 3.8) is 0 Å². The second-order valence-corrected chi connectivity index (χ2v) is 6.88. The first-order chi connectivity index (χ1) is 11.0. The van der Waals surface area contributed by atoms with Gasteiger partial charge in [-0.1, -0.05) is 6.92 Å². The molecule has 4 aliphatic heterocycles. The van der Waals surface area contributed by atoms with Gasteiger partial charge in [-0.3, -0.25) is 4.90 Å². The molecule has 4 fully saturated rings. The molecule has 0 aromatic rings. The predicted octanol–water partition coefficient (Wildman–Crippen LogP) is 1.05. The molecule has 7 heteroatoms. The van der Waals surface area contributed by atoms with Crippen LogP contribution in [0.15, 0.2) is 0 Å². The number of piperidine rings is 1. The van der Waals surface area contributed by atoms with Crippen molar-refractivity contribution in [3.05, 3.63) is 0 Å². The van der Waals surface area contributed by atoms with E-state index >= 15 is 0 Å². The van der Waals surface area contributed by atoms with Gasteiger partial charge in [0.2, 0.25) is 0 Å². The van der Waals surface area contributed by atoms with Gasteiger partial charge < -0.3 is 19.4 Å². The van der Waals surface area contributed by atoms with Crippen LogP contribution in [-0.4, -0.2) is 96.2 Å². The van der Waals surface area contributed by atoms with Crippen LogP contribution >= 0.6 is 0 Å². The normalized spacial score (nSPS) is 29.1. The van der Waals surface area contributed by atoms with Crippen molar-refractivity contribution in [3.8, 4) is 0 Å². The smallest absolute Gasteiger partial charge is 0.409 e. The van der Waals surface area contributed by atoms with E-state index in [1.54, 1.807) is 4.90 Å². The van der Waals surface area contributed by atoms with Crippen molar-refractivity contribution in [2.45, 2.75) is 44.8 Å². The first-order valence-electron chi connectivity index (χ1n) is 8.69. The summed E-state index contributed by atoms with van der Waals surface area (Å²) >= 11 is 0. The lowest BCUT2D eigenvalue weighted by molar-refractivity contribution is -0.0831. The highest BCUT2D eigenvalue weighted by atomic mass is 16.5. The third-order valence-electron chi connectivity index (χ3n) is 5.60. The Morgan fingerprint density at radius 2 is 1.61 bits per heavy atom. The molecule has 0 N–H and O–H groups in total. The number of urea groups is 1. The second kappa shape index (κ2) is 6.55. The zero-order valence-electron chi connectivity index (χ0n) is 14.4. The van der Waals surface area contributed by atoms with Crippen molar-refractivity contribution in [1.29, 1.82) is 0 Å². The van der Waals surface area contributed by atoms with Crippen LogP contribution in [0.5, 0.6) is 0 Å². The molecule has 4 heterocycles. The number of ether oxygens (including phenoxy) is 1. The average molecular weight is 324 g/mol. The van der Waals surface area contributed by atoms with Crippen molar-refractivity contribution in [2.75, 3.05) is 46.4 Å². The third kappa shape index (κ3) is 2.98. The predicted molar refractivity (Wildman–Crippen MR) is 86.3 cm³/mol. The Kier molecular flexibility index (Phi) is 4.66. The van der Waals surface area contributed by atoms with Crippen molar-refractivity contribution in [1.82, 2.24) is 19.6 Å². The number of rotatable bonds is 2. The van der Waals surface area contributed by atoms with E-state index in [0.717, 1.165) is 19.5 Å². The Bertz CT molecular complexity index is 452. The summed E-state index contributed by atoms with van der Waals surface area (Å²) in [7, 11) is 1.39. The summed E-state index contributed by atoms with van der Waals surface area (Å²) in [4.78, 5) is 32.3. The minimum atomic E-state index is -0.305. The lowest BCUT2D eigenvalue weighted by Crippen LogP contribution is -2.72. The molecule has 23 heavy (non-hydrogen) atoms. The van der Waals surface area contributed by atoms with Gasteiger partial charge >= 0.3 is 12.1 Å². The Morgan fingerprint density at radius 1 is 1.04 bits per heavy atom. The molecule has 0 spiro atoms. The van der Waals surface area contributed by atoms with Crippen LogP contribution in [0.1, 0.15) is 26.7 Å². The molecule has 0 aromatic heterocycles. The number of hydrogen-bond acceptors (Lipinski definition) is 4. The Balaban J connectivity index is 1.50. The molecule has 4 rings (SSSR count). The Morgan fingerprint density at radius 3 is 2.13 bits per heavy atom. The highest BCUT2D eigenvalue weighted by molar-refractivity contribution is 5.75. The molecule has 0 aromatic carbocycles. The molecule has 3 unspecified atom stereocenters. The first-order valence-corrected chi connectivity index (χ1v) is 8.69. The fourth-order valence-electron chi connectivity index (χ4n) is 4.13. The minimum Gasteiger partial charge on any atom is -0.453 e. The number of fused-ring (bicyclic) bond motifs is 2. The fourth-order valence-corrected chi connectivity index (χ4v) is 4.13. The monoisotopic (exact) mass is 324 g/mol. The van der Waals surface area contributed by atoms with Gasteiger partial charge in [-0.2, -0.15) is 0 Å². The van der Waals surface area contributed by atoms with Crippen LogP contribution in [0.25, 0.3) is 0 Å². The molecular formula is C16H28N4O3. The van der Waals surface area contributed by atoms with Crippen LogP contribution in [0.2, 0.25) is 0 Å². The van der Waals surface area contributed by atoms with Crippen LogP contribution < -0.4 is 0 Å². The van der Waals surface area contributed by atoms with E-state index in [1.165, 1.54) is 13.5 Å². The SMILES string of the molecule is CCC(C)N1C2CC1CN(C(=O)N1CCN(C(=O)OC)CC1)C2. The summed E-state index contributed by atoms with van der Waals surface area (Å²) in [5.41, 5.74) is 0. The summed E-state index contributed by atoms with van der Waals surface area (Å²) in [6, 6.07) is 1.81. The van der Waals surface area contributed by atoms with Crippen LogP contribution in [0, 0.1) is 0 Å². The van der Waals surface area contributed by atoms with Crippen molar-refractivity contribution < 1.29 is 14.3 Å². The molecule has 7 nitrogen and oxygen atoms in total. The van der Waals surface area contributed by atoms with Gasteiger partial charge in [-0.15, -0.1) is 0 Å². The van der Waals surface area contributed by atoms with E-state index in [1.807, 2.05) is 9.80 Å². The number of nitrogens with zero attached hydrogens (tertiary/aromatic N) is 4. The van der Waals surface area contributed by atoms with E-state index in [0.29, 0.717) is 44.3 Å². The highest BCUT2D eigenvalue weighted by Crippen LogP contribution is 2.35.